The van der Waals surface area contributed by atoms with Gasteiger partial charge in [0.1, 0.15) is 5.56 Å². The van der Waals surface area contributed by atoms with Crippen molar-refractivity contribution < 1.29 is 28.0 Å². The quantitative estimate of drug-likeness (QED) is 0.610. The van der Waals surface area contributed by atoms with Gasteiger partial charge in [0, 0.05) is 12.6 Å². The first-order valence-corrected chi connectivity index (χ1v) is 7.15. The third-order valence-corrected chi connectivity index (χ3v) is 3.34. The summed E-state index contributed by atoms with van der Waals surface area (Å²) >= 11 is 0. The number of amides is 1. The summed E-state index contributed by atoms with van der Waals surface area (Å²) in [5.74, 6) is -0.839. The number of hydrogen-bond acceptors (Lipinski definition) is 4. The van der Waals surface area contributed by atoms with E-state index in [0.717, 1.165) is 6.07 Å². The molecule has 1 atom stereocenters. The summed E-state index contributed by atoms with van der Waals surface area (Å²) in [4.78, 5) is 22.1. The van der Waals surface area contributed by atoms with Crippen LogP contribution < -0.4 is 5.32 Å². The summed E-state index contributed by atoms with van der Waals surface area (Å²) < 4.78 is 37.9. The van der Waals surface area contributed by atoms with Crippen molar-refractivity contribution in [3.05, 3.63) is 39.4 Å². The van der Waals surface area contributed by atoms with Crippen LogP contribution in [0.15, 0.2) is 18.2 Å². The topological polar surface area (TPSA) is 92.5 Å². The van der Waals surface area contributed by atoms with E-state index >= 15 is 0 Å². The molecule has 0 aliphatic carbocycles. The molecule has 1 aromatic rings. The molecule has 1 amide bonds. The van der Waals surface area contributed by atoms with Crippen molar-refractivity contribution in [1.82, 2.24) is 5.32 Å². The average Bonchev–Trinajstić information content (AvgIpc) is 2.41. The maximum Gasteiger partial charge on any atom is 0.416 e. The first-order valence-electron chi connectivity index (χ1n) is 7.15. The lowest BCUT2D eigenvalue weighted by Gasteiger charge is -2.26. The summed E-state index contributed by atoms with van der Waals surface area (Å²) in [6.45, 7) is 5.25. The fourth-order valence-electron chi connectivity index (χ4n) is 2.34. The van der Waals surface area contributed by atoms with Gasteiger partial charge in [0.15, 0.2) is 0 Å². The van der Waals surface area contributed by atoms with E-state index in [1.54, 1.807) is 20.8 Å². The van der Waals surface area contributed by atoms with Crippen LogP contribution in [-0.4, -0.2) is 28.6 Å². The number of nitro benzene ring substituents is 1. The number of hydrogen-bond donors (Lipinski definition) is 2. The van der Waals surface area contributed by atoms with Crippen molar-refractivity contribution in [3.63, 3.8) is 0 Å². The van der Waals surface area contributed by atoms with Crippen molar-refractivity contribution in [3.8, 4) is 0 Å². The van der Waals surface area contributed by atoms with Crippen LogP contribution >= 0.6 is 0 Å². The highest BCUT2D eigenvalue weighted by Gasteiger charge is 2.34. The van der Waals surface area contributed by atoms with Gasteiger partial charge in [-0.2, -0.15) is 13.2 Å². The molecule has 0 bridgehead atoms. The van der Waals surface area contributed by atoms with Gasteiger partial charge < -0.3 is 10.4 Å². The molecule has 0 saturated carbocycles. The van der Waals surface area contributed by atoms with E-state index in [1.165, 1.54) is 0 Å². The van der Waals surface area contributed by atoms with E-state index in [1.807, 2.05) is 0 Å². The highest BCUT2D eigenvalue weighted by Crippen LogP contribution is 2.33. The maximum atomic E-state index is 12.6. The van der Waals surface area contributed by atoms with Crippen LogP contribution in [0, 0.1) is 15.5 Å². The fourth-order valence-corrected chi connectivity index (χ4v) is 2.34. The van der Waals surface area contributed by atoms with Crippen molar-refractivity contribution in [2.45, 2.75) is 39.5 Å². The van der Waals surface area contributed by atoms with Crippen molar-refractivity contribution in [2.24, 2.45) is 5.41 Å². The molecule has 0 aliphatic heterocycles. The first kappa shape index (κ1) is 19.9. The van der Waals surface area contributed by atoms with Gasteiger partial charge in [-0.3, -0.25) is 14.9 Å². The zero-order valence-corrected chi connectivity index (χ0v) is 13.5. The second kappa shape index (κ2) is 7.16. The van der Waals surface area contributed by atoms with Crippen LogP contribution in [0.3, 0.4) is 0 Å². The molecule has 1 rings (SSSR count). The Labute approximate surface area is 136 Å². The monoisotopic (exact) mass is 348 g/mol. The number of carbonyl (C=O) groups is 1. The maximum absolute atomic E-state index is 12.6. The van der Waals surface area contributed by atoms with Gasteiger partial charge in [0.2, 0.25) is 0 Å². The number of nitrogens with one attached hydrogen (secondary N) is 1. The van der Waals surface area contributed by atoms with Gasteiger partial charge in [-0.15, -0.1) is 0 Å². The molecule has 0 spiro atoms. The average molecular weight is 348 g/mol. The molecule has 0 aliphatic rings. The number of benzene rings is 1. The predicted molar refractivity (Wildman–Crippen MR) is 80.5 cm³/mol. The number of rotatable bonds is 6. The van der Waals surface area contributed by atoms with Gasteiger partial charge in [0.05, 0.1) is 16.6 Å². The zero-order chi connectivity index (χ0) is 18.7. The van der Waals surface area contributed by atoms with Gasteiger partial charge in [-0.25, -0.2) is 0 Å². The number of alkyl halides is 3. The van der Waals surface area contributed by atoms with Gasteiger partial charge in [0.25, 0.3) is 11.6 Å². The third kappa shape index (κ3) is 5.48. The lowest BCUT2D eigenvalue weighted by molar-refractivity contribution is -0.385. The highest BCUT2D eigenvalue weighted by atomic mass is 19.4. The number of halogens is 3. The number of aliphatic hydroxyl groups excluding tert-OH is 1. The van der Waals surface area contributed by atoms with Crippen LogP contribution in [0.2, 0.25) is 0 Å². The highest BCUT2D eigenvalue weighted by molar-refractivity contribution is 5.98. The van der Waals surface area contributed by atoms with E-state index in [4.69, 9.17) is 0 Å². The molecule has 0 radical (unpaired) electrons. The van der Waals surface area contributed by atoms with E-state index < -0.39 is 45.3 Å². The molecular formula is C15H19F3N2O4. The Hall–Kier alpha value is -2.16. The molecule has 9 heteroatoms. The molecule has 0 heterocycles. The molecule has 6 nitrogen and oxygen atoms in total. The van der Waals surface area contributed by atoms with Gasteiger partial charge >= 0.3 is 6.18 Å². The number of nitro groups is 1. The Kier molecular flexibility index (Phi) is 5.94. The summed E-state index contributed by atoms with van der Waals surface area (Å²) in [6.07, 6.45) is -4.96. The van der Waals surface area contributed by atoms with E-state index in [9.17, 15) is 33.2 Å². The van der Waals surface area contributed by atoms with Gasteiger partial charge in [-0.1, -0.05) is 13.8 Å². The molecular weight excluding hydrogens is 329 g/mol. The molecule has 0 fully saturated rings. The smallest absolute Gasteiger partial charge is 0.393 e. The molecule has 0 saturated heterocycles. The van der Waals surface area contributed by atoms with E-state index in [-0.39, 0.29) is 6.54 Å². The molecule has 2 N–H and O–H groups in total. The minimum absolute atomic E-state index is 0.106. The zero-order valence-electron chi connectivity index (χ0n) is 13.5. The number of aliphatic hydroxyl groups is 1. The predicted octanol–water partition coefficient (Wildman–Crippen LogP) is 3.14. The van der Waals surface area contributed by atoms with Crippen molar-refractivity contribution in [2.75, 3.05) is 6.54 Å². The summed E-state index contributed by atoms with van der Waals surface area (Å²) in [7, 11) is 0. The number of carbonyl (C=O) groups excluding carboxylic acids is 1. The Balaban J connectivity index is 3.01. The SMILES string of the molecule is CC(O)CC(C)(C)CNC(=O)c1ccc(C(F)(F)F)cc1[N+](=O)[O-]. The fraction of sp³-hybridized carbons (Fsp3) is 0.533. The molecule has 1 aromatic carbocycles. The molecule has 24 heavy (non-hydrogen) atoms. The summed E-state index contributed by atoms with van der Waals surface area (Å²) in [6, 6.07) is 1.76. The van der Waals surface area contributed by atoms with Crippen molar-refractivity contribution in [1.29, 1.82) is 0 Å². The normalized spacial score (nSPS) is 13.5. The summed E-state index contributed by atoms with van der Waals surface area (Å²) in [5.41, 5.74) is -3.03. The minimum Gasteiger partial charge on any atom is -0.393 e. The Morgan fingerprint density at radius 2 is 1.96 bits per heavy atom. The Bertz CT molecular complexity index is 628. The van der Waals surface area contributed by atoms with Crippen LogP contribution in [0.25, 0.3) is 0 Å². The Morgan fingerprint density at radius 3 is 2.42 bits per heavy atom. The standard InChI is InChI=1S/C15H19F3N2O4/c1-9(21)7-14(2,3)8-19-13(22)11-5-4-10(15(16,17)18)6-12(11)20(23)24/h4-6,9,21H,7-8H2,1-3H3,(H,19,22). The largest absolute Gasteiger partial charge is 0.416 e. The van der Waals surface area contributed by atoms with Crippen LogP contribution in [0.4, 0.5) is 18.9 Å². The van der Waals surface area contributed by atoms with E-state index in [2.05, 4.69) is 5.32 Å². The minimum atomic E-state index is -4.74. The summed E-state index contributed by atoms with van der Waals surface area (Å²) in [5, 5.41) is 22.8. The molecule has 1 unspecified atom stereocenters. The Morgan fingerprint density at radius 1 is 1.38 bits per heavy atom. The second-order valence-corrected chi connectivity index (χ2v) is 6.39. The van der Waals surface area contributed by atoms with E-state index in [0.29, 0.717) is 18.6 Å². The lowest BCUT2D eigenvalue weighted by Crippen LogP contribution is -2.36. The van der Waals surface area contributed by atoms with Crippen LogP contribution in [0.1, 0.15) is 43.1 Å². The van der Waals surface area contributed by atoms with Crippen molar-refractivity contribution >= 4 is 11.6 Å². The number of nitrogens with zero attached hydrogens (tertiary/aromatic N) is 1. The molecule has 0 aromatic heterocycles. The lowest BCUT2D eigenvalue weighted by atomic mass is 9.87. The van der Waals surface area contributed by atoms with Gasteiger partial charge in [-0.05, 0) is 30.9 Å². The first-order chi connectivity index (χ1) is 10.8. The van der Waals surface area contributed by atoms with Crippen LogP contribution in [0.5, 0.6) is 0 Å². The van der Waals surface area contributed by atoms with Crippen LogP contribution in [-0.2, 0) is 6.18 Å². The second-order valence-electron chi connectivity index (χ2n) is 6.39. The third-order valence-electron chi connectivity index (χ3n) is 3.34. The molecule has 134 valence electrons.